The molecule has 0 bridgehead atoms. The molecule has 1 atom stereocenters. The quantitative estimate of drug-likeness (QED) is 0.551. The number of hydrogen-bond acceptors (Lipinski definition) is 8. The van der Waals surface area contributed by atoms with Gasteiger partial charge in [0.2, 0.25) is 11.8 Å². The van der Waals surface area contributed by atoms with Crippen molar-refractivity contribution in [2.24, 2.45) is 0 Å². The van der Waals surface area contributed by atoms with Gasteiger partial charge in [-0.15, -0.1) is 23.1 Å². The van der Waals surface area contributed by atoms with Crippen LogP contribution in [0.25, 0.3) is 0 Å². The van der Waals surface area contributed by atoms with E-state index >= 15 is 0 Å². The van der Waals surface area contributed by atoms with Gasteiger partial charge in [-0.2, -0.15) is 0 Å². The number of carboxylic acid groups (broad SMARTS) is 1. The number of amides is 2. The molecule has 2 amide bonds. The first-order valence-electron chi connectivity index (χ1n) is 7.86. The number of carbonyl (C=O) groups excluding carboxylic acids is 4. The third-order valence-electron chi connectivity index (χ3n) is 3.93. The number of esters is 1. The zero-order valence-electron chi connectivity index (χ0n) is 14.4. The van der Waals surface area contributed by atoms with Crippen molar-refractivity contribution in [3.8, 4) is 0 Å². The molecule has 27 heavy (non-hydrogen) atoms. The highest BCUT2D eigenvalue weighted by molar-refractivity contribution is 8.00. The summed E-state index contributed by atoms with van der Waals surface area (Å²) < 4.78 is 4.73. The van der Waals surface area contributed by atoms with E-state index in [0.29, 0.717) is 4.90 Å². The Kier molecular flexibility index (Phi) is 5.33. The molecule has 1 aromatic carbocycles. The lowest BCUT2D eigenvalue weighted by Crippen LogP contribution is -2.31. The molecule has 3 rings (SSSR count). The first-order chi connectivity index (χ1) is 12.8. The van der Waals surface area contributed by atoms with Gasteiger partial charge >= 0.3 is 5.97 Å². The van der Waals surface area contributed by atoms with E-state index in [2.05, 4.69) is 0 Å². The Hall–Kier alpha value is -2.65. The lowest BCUT2D eigenvalue weighted by Gasteiger charge is -2.15. The van der Waals surface area contributed by atoms with Crippen molar-refractivity contribution in [3.63, 3.8) is 0 Å². The number of carboxylic acids is 1. The molecule has 0 radical (unpaired) electrons. The Balaban J connectivity index is 1.91. The third-order valence-corrected chi connectivity index (χ3v) is 6.22. The first kappa shape index (κ1) is 19.1. The molecule has 0 aliphatic carbocycles. The number of anilines is 1. The molecule has 1 unspecified atom stereocenters. The summed E-state index contributed by atoms with van der Waals surface area (Å²) in [6.45, 7) is 1.76. The molecule has 2 aromatic rings. The third kappa shape index (κ3) is 3.60. The lowest BCUT2D eigenvalue weighted by molar-refractivity contribution is -0.255. The zero-order valence-corrected chi connectivity index (χ0v) is 16.0. The van der Waals surface area contributed by atoms with Crippen LogP contribution in [0.1, 0.15) is 32.0 Å². The maximum absolute atomic E-state index is 12.9. The van der Waals surface area contributed by atoms with Crippen LogP contribution in [0.2, 0.25) is 0 Å². The molecule has 1 saturated heterocycles. The second kappa shape index (κ2) is 7.53. The fourth-order valence-electron chi connectivity index (χ4n) is 2.73. The zero-order chi connectivity index (χ0) is 19.7. The minimum atomic E-state index is -1.35. The van der Waals surface area contributed by atoms with E-state index in [-0.39, 0.29) is 22.5 Å². The summed E-state index contributed by atoms with van der Waals surface area (Å²) in [4.78, 5) is 50.7. The summed E-state index contributed by atoms with van der Waals surface area (Å²) in [7, 11) is 1.22. The maximum atomic E-state index is 12.9. The van der Waals surface area contributed by atoms with Crippen LogP contribution in [0, 0.1) is 6.92 Å². The Bertz CT molecular complexity index is 951. The number of methoxy groups -OCH3 is 1. The minimum absolute atomic E-state index is 0.0385. The van der Waals surface area contributed by atoms with Crippen LogP contribution in [0.15, 0.2) is 35.2 Å². The summed E-state index contributed by atoms with van der Waals surface area (Å²) in [5, 5.41) is 10.7. The van der Waals surface area contributed by atoms with Crippen molar-refractivity contribution in [1.82, 2.24) is 0 Å². The predicted octanol–water partition coefficient (Wildman–Crippen LogP) is 1.63. The van der Waals surface area contributed by atoms with Gasteiger partial charge in [-0.3, -0.25) is 9.59 Å². The van der Waals surface area contributed by atoms with Gasteiger partial charge in [0.05, 0.1) is 23.9 Å². The number of aryl methyl sites for hydroxylation is 1. The monoisotopic (exact) mass is 404 g/mol. The number of benzene rings is 1. The molecule has 0 saturated carbocycles. The molecule has 9 heteroatoms. The lowest BCUT2D eigenvalue weighted by atomic mass is 10.2. The molecular formula is C18H14NO6S2-. The van der Waals surface area contributed by atoms with Crippen LogP contribution >= 0.6 is 23.1 Å². The number of thioether (sulfide) groups is 1. The van der Waals surface area contributed by atoms with Crippen molar-refractivity contribution >= 4 is 51.9 Å². The van der Waals surface area contributed by atoms with Crippen LogP contribution < -0.4 is 10.0 Å². The van der Waals surface area contributed by atoms with Crippen LogP contribution in [-0.2, 0) is 14.3 Å². The number of carbonyl (C=O) groups is 4. The molecule has 0 N–H and O–H groups in total. The molecule has 1 aliphatic rings. The van der Waals surface area contributed by atoms with E-state index in [1.165, 1.54) is 13.2 Å². The number of thiophene rings is 1. The van der Waals surface area contributed by atoms with E-state index in [1.807, 2.05) is 0 Å². The van der Waals surface area contributed by atoms with Gasteiger partial charge in [0.1, 0.15) is 5.00 Å². The van der Waals surface area contributed by atoms with Crippen LogP contribution in [-0.4, -0.2) is 36.1 Å². The second-order valence-electron chi connectivity index (χ2n) is 5.73. The van der Waals surface area contributed by atoms with E-state index in [9.17, 15) is 24.3 Å². The molecule has 2 heterocycles. The van der Waals surface area contributed by atoms with Crippen LogP contribution in [0.5, 0.6) is 0 Å². The number of hydrogen-bond donors (Lipinski definition) is 0. The highest BCUT2D eigenvalue weighted by atomic mass is 32.2. The van der Waals surface area contributed by atoms with Crippen molar-refractivity contribution in [2.75, 3.05) is 12.0 Å². The number of rotatable bonds is 5. The number of imide groups is 1. The Morgan fingerprint density at radius 3 is 2.63 bits per heavy atom. The summed E-state index contributed by atoms with van der Waals surface area (Å²) in [6, 6.07) is 7.71. The average molecular weight is 404 g/mol. The largest absolute Gasteiger partial charge is 0.545 e. The molecule has 7 nitrogen and oxygen atoms in total. The highest BCUT2D eigenvalue weighted by Gasteiger charge is 2.42. The SMILES string of the molecule is COC(=O)c1cc(C)sc1N1C(=O)CC(Sc2ccccc2C(=O)[O-])C1=O. The summed E-state index contributed by atoms with van der Waals surface area (Å²) in [6.07, 6.45) is -0.0948. The second-order valence-corrected chi connectivity index (χ2v) is 8.21. The van der Waals surface area contributed by atoms with Crippen LogP contribution in [0.3, 0.4) is 0 Å². The molecule has 1 aromatic heterocycles. The number of ether oxygens (including phenoxy) is 1. The number of nitrogens with zero attached hydrogens (tertiary/aromatic N) is 1. The minimum Gasteiger partial charge on any atom is -0.545 e. The van der Waals surface area contributed by atoms with E-state index in [1.54, 1.807) is 31.2 Å². The van der Waals surface area contributed by atoms with E-state index in [4.69, 9.17) is 4.74 Å². The van der Waals surface area contributed by atoms with Gasteiger partial charge in [-0.25, -0.2) is 9.69 Å². The van der Waals surface area contributed by atoms with Gasteiger partial charge < -0.3 is 14.6 Å². The number of aromatic carboxylic acids is 1. The Morgan fingerprint density at radius 2 is 1.96 bits per heavy atom. The molecule has 0 spiro atoms. The van der Waals surface area contributed by atoms with Crippen LogP contribution in [0.4, 0.5) is 5.00 Å². The Morgan fingerprint density at radius 1 is 1.26 bits per heavy atom. The fraction of sp³-hybridized carbons (Fsp3) is 0.222. The van der Waals surface area contributed by atoms with Gasteiger partial charge in [0, 0.05) is 21.8 Å². The van der Waals surface area contributed by atoms with Crippen molar-refractivity contribution in [1.29, 1.82) is 0 Å². The van der Waals surface area contributed by atoms with Gasteiger partial charge in [0.15, 0.2) is 0 Å². The topological polar surface area (TPSA) is 104 Å². The molecule has 140 valence electrons. The maximum Gasteiger partial charge on any atom is 0.340 e. The van der Waals surface area contributed by atoms with E-state index in [0.717, 1.165) is 32.9 Å². The van der Waals surface area contributed by atoms with Crippen molar-refractivity contribution < 1.29 is 29.0 Å². The summed E-state index contributed by atoms with van der Waals surface area (Å²) in [5.74, 6) is -2.93. The Labute approximate surface area is 162 Å². The smallest absolute Gasteiger partial charge is 0.340 e. The predicted molar refractivity (Wildman–Crippen MR) is 97.9 cm³/mol. The van der Waals surface area contributed by atoms with E-state index < -0.39 is 29.0 Å². The molecule has 1 fully saturated rings. The summed E-state index contributed by atoms with van der Waals surface area (Å²) in [5.41, 5.74) is 0.117. The summed E-state index contributed by atoms with van der Waals surface area (Å²) >= 11 is 2.15. The first-order valence-corrected chi connectivity index (χ1v) is 9.55. The van der Waals surface area contributed by atoms with Gasteiger partial charge in [-0.05, 0) is 19.1 Å². The molecule has 1 aliphatic heterocycles. The standard InChI is InChI=1S/C18H15NO6S2/c1-9-7-11(18(24)25-2)16(26-9)19-14(20)8-13(15(19)21)27-12-6-4-3-5-10(12)17(22)23/h3-7,13H,8H2,1-2H3,(H,22,23)/p-1. The van der Waals surface area contributed by atoms with Crippen molar-refractivity contribution in [2.45, 2.75) is 23.5 Å². The highest BCUT2D eigenvalue weighted by Crippen LogP contribution is 2.39. The fourth-order valence-corrected chi connectivity index (χ4v) is 4.92. The van der Waals surface area contributed by atoms with Gasteiger partial charge in [0.25, 0.3) is 0 Å². The van der Waals surface area contributed by atoms with Gasteiger partial charge in [-0.1, -0.05) is 18.2 Å². The normalized spacial score (nSPS) is 16.7. The molecular weight excluding hydrogens is 390 g/mol. The van der Waals surface area contributed by atoms with Crippen molar-refractivity contribution in [3.05, 3.63) is 46.3 Å². The average Bonchev–Trinajstić information content (AvgIpc) is 3.14.